The zero-order valence-electron chi connectivity index (χ0n) is 10.2. The minimum atomic E-state index is -4.41. The maximum absolute atomic E-state index is 11.3. The molecule has 0 bridgehead atoms. The molecular formula is C15H13O3S-. The molecule has 4 heteroatoms. The topological polar surface area (TPSA) is 57.2 Å². The van der Waals surface area contributed by atoms with Gasteiger partial charge in [-0.1, -0.05) is 42.5 Å². The maximum Gasteiger partial charge on any atom is 0.124 e. The van der Waals surface area contributed by atoms with Gasteiger partial charge in [-0.3, -0.25) is 0 Å². The molecule has 0 aromatic heterocycles. The van der Waals surface area contributed by atoms with E-state index in [4.69, 9.17) is 0 Å². The van der Waals surface area contributed by atoms with E-state index >= 15 is 0 Å². The number of hydrogen-bond donors (Lipinski definition) is 0. The van der Waals surface area contributed by atoms with Crippen molar-refractivity contribution in [2.45, 2.75) is 23.7 Å². The standard InChI is InChI=1S/C15H14O3S/c16-19(17,18)15-8-4-3-7-14(15)13-9-11-5-1-2-6-12(11)10-13/h1-8,13H,9-10H2,(H,16,17,18)/p-1. The van der Waals surface area contributed by atoms with Gasteiger partial charge < -0.3 is 4.55 Å². The summed E-state index contributed by atoms with van der Waals surface area (Å²) in [6.45, 7) is 0. The zero-order valence-corrected chi connectivity index (χ0v) is 11.1. The van der Waals surface area contributed by atoms with Crippen LogP contribution in [0.25, 0.3) is 0 Å². The lowest BCUT2D eigenvalue weighted by molar-refractivity contribution is 0.461. The van der Waals surface area contributed by atoms with Gasteiger partial charge in [0.15, 0.2) is 0 Å². The van der Waals surface area contributed by atoms with E-state index in [1.54, 1.807) is 18.2 Å². The number of rotatable bonds is 2. The van der Waals surface area contributed by atoms with Crippen LogP contribution in [0.1, 0.15) is 22.6 Å². The molecule has 0 N–H and O–H groups in total. The van der Waals surface area contributed by atoms with E-state index in [0.29, 0.717) is 5.56 Å². The Labute approximate surface area is 112 Å². The van der Waals surface area contributed by atoms with E-state index in [1.807, 2.05) is 12.1 Å². The Morgan fingerprint density at radius 2 is 1.42 bits per heavy atom. The van der Waals surface area contributed by atoms with Crippen LogP contribution in [0.4, 0.5) is 0 Å². The molecule has 0 unspecified atom stereocenters. The lowest BCUT2D eigenvalue weighted by Gasteiger charge is -2.17. The van der Waals surface area contributed by atoms with Gasteiger partial charge >= 0.3 is 0 Å². The minimum absolute atomic E-state index is 0.0761. The first kappa shape index (κ1) is 12.4. The molecule has 0 amide bonds. The molecule has 0 heterocycles. The Bertz CT molecular complexity index is 695. The van der Waals surface area contributed by atoms with Crippen molar-refractivity contribution in [3.05, 3.63) is 65.2 Å². The van der Waals surface area contributed by atoms with E-state index in [1.165, 1.54) is 17.2 Å². The van der Waals surface area contributed by atoms with Crippen LogP contribution >= 0.6 is 0 Å². The molecule has 0 saturated carbocycles. The average molecular weight is 273 g/mol. The Kier molecular flexibility index (Phi) is 2.92. The van der Waals surface area contributed by atoms with Crippen molar-refractivity contribution in [1.29, 1.82) is 0 Å². The average Bonchev–Trinajstić information content (AvgIpc) is 2.81. The van der Waals surface area contributed by atoms with Crippen molar-refractivity contribution < 1.29 is 13.0 Å². The maximum atomic E-state index is 11.3. The fourth-order valence-electron chi connectivity index (χ4n) is 2.82. The first-order valence-corrected chi connectivity index (χ1v) is 7.58. The quantitative estimate of drug-likeness (QED) is 0.790. The molecule has 1 aliphatic carbocycles. The summed E-state index contributed by atoms with van der Waals surface area (Å²) in [6, 6.07) is 14.6. The molecule has 3 rings (SSSR count). The predicted octanol–water partition coefficient (Wildman–Crippen LogP) is 2.47. The Balaban J connectivity index is 2.03. The number of benzene rings is 2. The highest BCUT2D eigenvalue weighted by Crippen LogP contribution is 2.36. The summed E-state index contributed by atoms with van der Waals surface area (Å²) in [5, 5.41) is 0. The van der Waals surface area contributed by atoms with Crippen molar-refractivity contribution in [2.24, 2.45) is 0 Å². The van der Waals surface area contributed by atoms with Gasteiger partial charge in [-0.2, -0.15) is 0 Å². The normalized spacial score (nSPS) is 15.4. The zero-order chi connectivity index (χ0) is 13.5. The van der Waals surface area contributed by atoms with Crippen LogP contribution < -0.4 is 0 Å². The predicted molar refractivity (Wildman–Crippen MR) is 71.0 cm³/mol. The van der Waals surface area contributed by atoms with E-state index in [2.05, 4.69) is 12.1 Å². The van der Waals surface area contributed by atoms with Crippen LogP contribution in [0.5, 0.6) is 0 Å². The molecule has 98 valence electrons. The van der Waals surface area contributed by atoms with Crippen LogP contribution in [-0.2, 0) is 23.0 Å². The van der Waals surface area contributed by atoms with Gasteiger partial charge in [0, 0.05) is 0 Å². The van der Waals surface area contributed by atoms with Crippen molar-refractivity contribution in [3.8, 4) is 0 Å². The summed E-state index contributed by atoms with van der Waals surface area (Å²) in [4.78, 5) is -0.0761. The molecule has 0 fully saturated rings. The molecule has 2 aromatic rings. The molecule has 0 saturated heterocycles. The summed E-state index contributed by atoms with van der Waals surface area (Å²) in [6.07, 6.45) is 1.59. The third-order valence-corrected chi connectivity index (χ3v) is 4.59. The third kappa shape index (κ3) is 2.29. The Morgan fingerprint density at radius 3 is 2.00 bits per heavy atom. The van der Waals surface area contributed by atoms with Gasteiger partial charge in [-0.25, -0.2) is 8.42 Å². The summed E-state index contributed by atoms with van der Waals surface area (Å²) in [5.74, 6) is 0.0809. The SMILES string of the molecule is O=S(=O)([O-])c1ccccc1C1Cc2ccccc2C1. The highest BCUT2D eigenvalue weighted by Gasteiger charge is 2.25. The molecule has 0 aliphatic heterocycles. The fraction of sp³-hybridized carbons (Fsp3) is 0.200. The van der Waals surface area contributed by atoms with Crippen molar-refractivity contribution in [1.82, 2.24) is 0 Å². The second-order valence-corrected chi connectivity index (χ2v) is 6.21. The number of hydrogen-bond acceptors (Lipinski definition) is 3. The van der Waals surface area contributed by atoms with Gasteiger partial charge in [-0.15, -0.1) is 0 Å². The Hall–Kier alpha value is -1.65. The first-order valence-electron chi connectivity index (χ1n) is 6.17. The molecule has 0 atom stereocenters. The van der Waals surface area contributed by atoms with E-state index in [9.17, 15) is 13.0 Å². The lowest BCUT2D eigenvalue weighted by Crippen LogP contribution is -2.08. The van der Waals surface area contributed by atoms with Crippen LogP contribution in [-0.4, -0.2) is 13.0 Å². The Morgan fingerprint density at radius 1 is 0.895 bits per heavy atom. The van der Waals surface area contributed by atoms with Crippen molar-refractivity contribution in [2.75, 3.05) is 0 Å². The van der Waals surface area contributed by atoms with Gasteiger partial charge in [0.25, 0.3) is 0 Å². The minimum Gasteiger partial charge on any atom is -0.744 e. The molecule has 3 nitrogen and oxygen atoms in total. The smallest absolute Gasteiger partial charge is 0.124 e. The largest absolute Gasteiger partial charge is 0.744 e. The summed E-state index contributed by atoms with van der Waals surface area (Å²) < 4.78 is 34.0. The highest BCUT2D eigenvalue weighted by atomic mass is 32.2. The molecule has 1 aliphatic rings. The molecule has 19 heavy (non-hydrogen) atoms. The van der Waals surface area contributed by atoms with E-state index < -0.39 is 10.1 Å². The molecular weight excluding hydrogens is 260 g/mol. The highest BCUT2D eigenvalue weighted by molar-refractivity contribution is 7.85. The van der Waals surface area contributed by atoms with Crippen LogP contribution in [0.3, 0.4) is 0 Å². The first-order chi connectivity index (χ1) is 9.05. The monoisotopic (exact) mass is 273 g/mol. The van der Waals surface area contributed by atoms with E-state index in [0.717, 1.165) is 12.8 Å². The lowest BCUT2D eigenvalue weighted by atomic mass is 9.96. The summed E-state index contributed by atoms with van der Waals surface area (Å²) in [7, 11) is -4.41. The molecule has 0 spiro atoms. The third-order valence-electron chi connectivity index (χ3n) is 3.68. The van der Waals surface area contributed by atoms with Crippen LogP contribution in [0.15, 0.2) is 53.4 Å². The van der Waals surface area contributed by atoms with Gasteiger partial charge in [0.1, 0.15) is 10.1 Å². The van der Waals surface area contributed by atoms with Crippen molar-refractivity contribution >= 4 is 10.1 Å². The molecule has 2 aromatic carbocycles. The van der Waals surface area contributed by atoms with Gasteiger partial charge in [-0.05, 0) is 41.5 Å². The molecule has 0 radical (unpaired) electrons. The summed E-state index contributed by atoms with van der Waals surface area (Å²) >= 11 is 0. The van der Waals surface area contributed by atoms with Gasteiger partial charge in [0.05, 0.1) is 4.90 Å². The van der Waals surface area contributed by atoms with Gasteiger partial charge in [0.2, 0.25) is 0 Å². The van der Waals surface area contributed by atoms with E-state index in [-0.39, 0.29) is 10.8 Å². The second kappa shape index (κ2) is 4.47. The van der Waals surface area contributed by atoms with Crippen LogP contribution in [0.2, 0.25) is 0 Å². The second-order valence-electron chi connectivity index (χ2n) is 4.87. The number of fused-ring (bicyclic) bond motifs is 1. The fourth-order valence-corrected chi connectivity index (χ4v) is 3.59. The summed E-state index contributed by atoms with van der Waals surface area (Å²) in [5.41, 5.74) is 3.13. The van der Waals surface area contributed by atoms with Crippen molar-refractivity contribution in [3.63, 3.8) is 0 Å². The van der Waals surface area contributed by atoms with Crippen LogP contribution in [0, 0.1) is 0 Å².